The molecule has 2 amide bonds. The van der Waals surface area contributed by atoms with Crippen molar-refractivity contribution in [1.29, 1.82) is 0 Å². The number of urea groups is 1. The van der Waals surface area contributed by atoms with Crippen LogP contribution >= 0.6 is 0 Å². The van der Waals surface area contributed by atoms with E-state index in [-0.39, 0.29) is 6.03 Å². The predicted molar refractivity (Wildman–Crippen MR) is 85.4 cm³/mol. The number of amides is 2. The summed E-state index contributed by atoms with van der Waals surface area (Å²) >= 11 is 0. The Balaban J connectivity index is 1.78. The highest BCUT2D eigenvalue weighted by molar-refractivity contribution is 5.73. The van der Waals surface area contributed by atoms with E-state index in [0.29, 0.717) is 19.7 Å². The van der Waals surface area contributed by atoms with Gasteiger partial charge in [0.25, 0.3) is 0 Å². The number of ether oxygens (including phenoxy) is 1. The predicted octanol–water partition coefficient (Wildman–Crippen LogP) is 2.33. The van der Waals surface area contributed by atoms with Crippen LogP contribution in [-0.4, -0.2) is 30.4 Å². The summed E-state index contributed by atoms with van der Waals surface area (Å²) in [6.07, 6.45) is 4.77. The number of nitrogens with one attached hydrogen (secondary N) is 2. The fourth-order valence-electron chi connectivity index (χ4n) is 2.90. The molecule has 0 bridgehead atoms. The van der Waals surface area contributed by atoms with Gasteiger partial charge in [0.15, 0.2) is 0 Å². The molecule has 0 spiro atoms. The van der Waals surface area contributed by atoms with Crippen LogP contribution in [0.4, 0.5) is 4.79 Å². The molecule has 0 heterocycles. The van der Waals surface area contributed by atoms with E-state index in [4.69, 9.17) is 4.74 Å². The Hall–Kier alpha value is -1.59. The quantitative estimate of drug-likeness (QED) is 0.755. The third-order valence-electron chi connectivity index (χ3n) is 4.22. The summed E-state index contributed by atoms with van der Waals surface area (Å²) in [5.41, 5.74) is 1.37. The van der Waals surface area contributed by atoms with E-state index in [2.05, 4.69) is 10.6 Å². The zero-order valence-electron chi connectivity index (χ0n) is 13.2. The second-order valence-corrected chi connectivity index (χ2v) is 6.02. The monoisotopic (exact) mass is 306 g/mol. The molecule has 0 unspecified atom stereocenters. The van der Waals surface area contributed by atoms with Gasteiger partial charge in [-0.15, -0.1) is 0 Å². The van der Waals surface area contributed by atoms with Crippen LogP contribution in [0.15, 0.2) is 24.3 Å². The summed E-state index contributed by atoms with van der Waals surface area (Å²) in [6.45, 7) is 1.29. The molecular weight excluding hydrogens is 280 g/mol. The summed E-state index contributed by atoms with van der Waals surface area (Å²) in [5, 5.41) is 16.0. The van der Waals surface area contributed by atoms with Crippen molar-refractivity contribution in [1.82, 2.24) is 10.6 Å². The van der Waals surface area contributed by atoms with Gasteiger partial charge in [0, 0.05) is 20.2 Å². The SMILES string of the molecule is COCc1ccccc1CNC(=O)NCC1(O)CCCCC1. The topological polar surface area (TPSA) is 70.6 Å². The molecule has 0 atom stereocenters. The molecule has 0 aromatic heterocycles. The van der Waals surface area contributed by atoms with Crippen molar-refractivity contribution in [2.75, 3.05) is 13.7 Å². The average molecular weight is 306 g/mol. The van der Waals surface area contributed by atoms with Crippen LogP contribution in [0.25, 0.3) is 0 Å². The van der Waals surface area contributed by atoms with E-state index in [1.807, 2.05) is 24.3 Å². The van der Waals surface area contributed by atoms with Crippen molar-refractivity contribution in [2.45, 2.75) is 50.9 Å². The molecule has 5 nitrogen and oxygen atoms in total. The lowest BCUT2D eigenvalue weighted by Crippen LogP contribution is -2.47. The van der Waals surface area contributed by atoms with E-state index in [1.165, 1.54) is 6.42 Å². The van der Waals surface area contributed by atoms with Gasteiger partial charge in [0.05, 0.1) is 12.2 Å². The third kappa shape index (κ3) is 5.00. The van der Waals surface area contributed by atoms with E-state index in [1.54, 1.807) is 7.11 Å². The van der Waals surface area contributed by atoms with E-state index in [0.717, 1.165) is 36.8 Å². The molecule has 1 aromatic carbocycles. The maximum Gasteiger partial charge on any atom is 0.315 e. The van der Waals surface area contributed by atoms with Crippen molar-refractivity contribution in [2.24, 2.45) is 0 Å². The van der Waals surface area contributed by atoms with E-state index >= 15 is 0 Å². The summed E-state index contributed by atoms with van der Waals surface area (Å²) in [5.74, 6) is 0. The molecule has 0 radical (unpaired) electrons. The number of hydrogen-bond donors (Lipinski definition) is 3. The average Bonchev–Trinajstić information content (AvgIpc) is 2.53. The van der Waals surface area contributed by atoms with E-state index < -0.39 is 5.60 Å². The number of carbonyl (C=O) groups excluding carboxylic acids is 1. The van der Waals surface area contributed by atoms with Crippen molar-refractivity contribution in [3.05, 3.63) is 35.4 Å². The zero-order chi connectivity index (χ0) is 15.8. The Morgan fingerprint density at radius 2 is 1.86 bits per heavy atom. The number of aliphatic hydroxyl groups is 1. The highest BCUT2D eigenvalue weighted by Gasteiger charge is 2.29. The van der Waals surface area contributed by atoms with Crippen LogP contribution < -0.4 is 10.6 Å². The van der Waals surface area contributed by atoms with Crippen LogP contribution in [-0.2, 0) is 17.9 Å². The molecule has 1 saturated carbocycles. The number of rotatable bonds is 6. The Morgan fingerprint density at radius 1 is 1.18 bits per heavy atom. The van der Waals surface area contributed by atoms with Crippen LogP contribution in [0.1, 0.15) is 43.2 Å². The second kappa shape index (κ2) is 8.15. The Kier molecular flexibility index (Phi) is 6.21. The van der Waals surface area contributed by atoms with Gasteiger partial charge in [-0.25, -0.2) is 4.79 Å². The number of carbonyl (C=O) groups is 1. The first-order valence-corrected chi connectivity index (χ1v) is 7.93. The normalized spacial score (nSPS) is 17.0. The maximum atomic E-state index is 11.9. The molecule has 0 aliphatic heterocycles. The molecular formula is C17H26N2O3. The smallest absolute Gasteiger partial charge is 0.315 e. The lowest BCUT2D eigenvalue weighted by atomic mass is 9.85. The molecule has 1 fully saturated rings. The molecule has 1 aliphatic rings. The lowest BCUT2D eigenvalue weighted by Gasteiger charge is -2.32. The highest BCUT2D eigenvalue weighted by atomic mass is 16.5. The van der Waals surface area contributed by atoms with Crippen molar-refractivity contribution >= 4 is 6.03 Å². The molecule has 5 heteroatoms. The van der Waals surface area contributed by atoms with Crippen molar-refractivity contribution in [3.63, 3.8) is 0 Å². The Bertz CT molecular complexity index is 485. The summed E-state index contributed by atoms with van der Waals surface area (Å²) in [6, 6.07) is 7.62. The fourth-order valence-corrected chi connectivity index (χ4v) is 2.90. The summed E-state index contributed by atoms with van der Waals surface area (Å²) in [7, 11) is 1.65. The molecule has 2 rings (SSSR count). The minimum atomic E-state index is -0.733. The first-order valence-electron chi connectivity index (χ1n) is 7.93. The van der Waals surface area contributed by atoms with Crippen LogP contribution in [0.3, 0.4) is 0 Å². The van der Waals surface area contributed by atoms with Gasteiger partial charge >= 0.3 is 6.03 Å². The van der Waals surface area contributed by atoms with Gasteiger partial charge in [-0.05, 0) is 24.0 Å². The van der Waals surface area contributed by atoms with E-state index in [9.17, 15) is 9.90 Å². The van der Waals surface area contributed by atoms with Gasteiger partial charge in [0.2, 0.25) is 0 Å². The van der Waals surface area contributed by atoms with Crippen molar-refractivity contribution < 1.29 is 14.6 Å². The minimum Gasteiger partial charge on any atom is -0.388 e. The number of methoxy groups -OCH3 is 1. The molecule has 1 aliphatic carbocycles. The van der Waals surface area contributed by atoms with Gasteiger partial charge in [-0.3, -0.25) is 0 Å². The van der Waals surface area contributed by atoms with Gasteiger partial charge in [-0.1, -0.05) is 43.5 Å². The molecule has 1 aromatic rings. The highest BCUT2D eigenvalue weighted by Crippen LogP contribution is 2.27. The summed E-state index contributed by atoms with van der Waals surface area (Å²) in [4.78, 5) is 11.9. The van der Waals surface area contributed by atoms with Crippen LogP contribution in [0, 0.1) is 0 Å². The second-order valence-electron chi connectivity index (χ2n) is 6.02. The fraction of sp³-hybridized carbons (Fsp3) is 0.588. The summed E-state index contributed by atoms with van der Waals surface area (Å²) < 4.78 is 5.15. The third-order valence-corrected chi connectivity index (χ3v) is 4.22. The maximum absolute atomic E-state index is 11.9. The number of benzene rings is 1. The number of hydrogen-bond acceptors (Lipinski definition) is 3. The van der Waals surface area contributed by atoms with Gasteiger partial charge < -0.3 is 20.5 Å². The lowest BCUT2D eigenvalue weighted by molar-refractivity contribution is 0.00719. The Morgan fingerprint density at radius 3 is 2.55 bits per heavy atom. The zero-order valence-corrected chi connectivity index (χ0v) is 13.2. The molecule has 22 heavy (non-hydrogen) atoms. The van der Waals surface area contributed by atoms with Crippen LogP contribution in [0.5, 0.6) is 0 Å². The molecule has 122 valence electrons. The molecule has 0 saturated heterocycles. The van der Waals surface area contributed by atoms with Gasteiger partial charge in [0.1, 0.15) is 0 Å². The van der Waals surface area contributed by atoms with Crippen molar-refractivity contribution in [3.8, 4) is 0 Å². The Labute approximate surface area is 132 Å². The molecule has 3 N–H and O–H groups in total. The minimum absolute atomic E-state index is 0.244. The largest absolute Gasteiger partial charge is 0.388 e. The first-order chi connectivity index (χ1) is 10.6. The first kappa shape index (κ1) is 16.8. The standard InChI is InChI=1S/C17H26N2O3/c1-22-12-15-8-4-3-7-14(15)11-18-16(20)19-13-17(21)9-5-2-6-10-17/h3-4,7-8,21H,2,5-6,9-13H2,1H3,(H2,18,19,20). The van der Waals surface area contributed by atoms with Crippen LogP contribution in [0.2, 0.25) is 0 Å². The van der Waals surface area contributed by atoms with Gasteiger partial charge in [-0.2, -0.15) is 0 Å².